The SMILES string of the molecule is COC(=O)CCOCCOS(=O)(=O)c1ccccc1. The fourth-order valence-electron chi connectivity index (χ4n) is 1.22. The van der Waals surface area contributed by atoms with Crippen LogP contribution in [0.3, 0.4) is 0 Å². The van der Waals surface area contributed by atoms with Crippen molar-refractivity contribution in [1.29, 1.82) is 0 Å². The van der Waals surface area contributed by atoms with Gasteiger partial charge in [-0.25, -0.2) is 0 Å². The fourth-order valence-corrected chi connectivity index (χ4v) is 2.13. The van der Waals surface area contributed by atoms with E-state index in [4.69, 9.17) is 8.92 Å². The van der Waals surface area contributed by atoms with Crippen LogP contribution in [0.15, 0.2) is 35.2 Å². The minimum Gasteiger partial charge on any atom is -0.469 e. The lowest BCUT2D eigenvalue weighted by molar-refractivity contribution is -0.141. The molecule has 1 aromatic rings. The summed E-state index contributed by atoms with van der Waals surface area (Å²) in [4.78, 5) is 10.9. The van der Waals surface area contributed by atoms with Gasteiger partial charge in [0, 0.05) is 0 Å². The minimum atomic E-state index is -3.74. The van der Waals surface area contributed by atoms with E-state index >= 15 is 0 Å². The summed E-state index contributed by atoms with van der Waals surface area (Å²) >= 11 is 0. The number of benzene rings is 1. The minimum absolute atomic E-state index is 0.0864. The van der Waals surface area contributed by atoms with Crippen LogP contribution < -0.4 is 0 Å². The van der Waals surface area contributed by atoms with Gasteiger partial charge in [0.1, 0.15) is 0 Å². The predicted molar refractivity (Wildman–Crippen MR) is 67.0 cm³/mol. The van der Waals surface area contributed by atoms with Crippen LogP contribution in [0.1, 0.15) is 6.42 Å². The van der Waals surface area contributed by atoms with Gasteiger partial charge in [-0.05, 0) is 12.1 Å². The monoisotopic (exact) mass is 288 g/mol. The maximum Gasteiger partial charge on any atom is 0.307 e. The van der Waals surface area contributed by atoms with E-state index in [0.717, 1.165) is 0 Å². The number of carbonyl (C=O) groups excluding carboxylic acids is 1. The molecule has 0 N–H and O–H groups in total. The van der Waals surface area contributed by atoms with Crippen molar-refractivity contribution >= 4 is 16.1 Å². The molecule has 1 aromatic carbocycles. The summed E-state index contributed by atoms with van der Waals surface area (Å²) in [5, 5.41) is 0. The van der Waals surface area contributed by atoms with Crippen molar-refractivity contribution in [3.63, 3.8) is 0 Å². The molecule has 19 heavy (non-hydrogen) atoms. The van der Waals surface area contributed by atoms with Crippen molar-refractivity contribution in [2.45, 2.75) is 11.3 Å². The highest BCUT2D eigenvalue weighted by molar-refractivity contribution is 7.86. The number of hydrogen-bond acceptors (Lipinski definition) is 6. The van der Waals surface area contributed by atoms with E-state index in [2.05, 4.69) is 4.74 Å². The van der Waals surface area contributed by atoms with Crippen molar-refractivity contribution in [3.05, 3.63) is 30.3 Å². The Bertz CT molecular complexity index is 482. The van der Waals surface area contributed by atoms with Gasteiger partial charge in [0.2, 0.25) is 0 Å². The van der Waals surface area contributed by atoms with Gasteiger partial charge >= 0.3 is 5.97 Å². The molecule has 7 heteroatoms. The molecule has 0 bridgehead atoms. The molecule has 0 heterocycles. The molecular formula is C12H16O6S. The zero-order chi connectivity index (χ0) is 14.1. The number of ether oxygens (including phenoxy) is 2. The van der Waals surface area contributed by atoms with Crippen molar-refractivity contribution in [2.24, 2.45) is 0 Å². The van der Waals surface area contributed by atoms with Gasteiger partial charge in [-0.1, -0.05) is 18.2 Å². The Kier molecular flexibility index (Phi) is 6.48. The van der Waals surface area contributed by atoms with Crippen molar-refractivity contribution in [1.82, 2.24) is 0 Å². The molecule has 0 aliphatic rings. The van der Waals surface area contributed by atoms with Gasteiger partial charge in [-0.3, -0.25) is 8.98 Å². The van der Waals surface area contributed by atoms with E-state index in [9.17, 15) is 13.2 Å². The maximum atomic E-state index is 11.7. The Morgan fingerprint density at radius 1 is 1.11 bits per heavy atom. The molecule has 6 nitrogen and oxygen atoms in total. The van der Waals surface area contributed by atoms with Gasteiger partial charge in [0.15, 0.2) is 0 Å². The van der Waals surface area contributed by atoms with Crippen LogP contribution in [0.25, 0.3) is 0 Å². The van der Waals surface area contributed by atoms with Gasteiger partial charge in [0.25, 0.3) is 10.1 Å². The lowest BCUT2D eigenvalue weighted by Gasteiger charge is -2.06. The van der Waals surface area contributed by atoms with E-state index < -0.39 is 10.1 Å². The molecule has 0 fully saturated rings. The van der Waals surface area contributed by atoms with E-state index in [1.165, 1.54) is 19.2 Å². The van der Waals surface area contributed by atoms with Gasteiger partial charge < -0.3 is 9.47 Å². The highest BCUT2D eigenvalue weighted by Gasteiger charge is 2.13. The first kappa shape index (κ1) is 15.6. The molecule has 0 amide bonds. The largest absolute Gasteiger partial charge is 0.469 e. The maximum absolute atomic E-state index is 11.7. The first-order chi connectivity index (χ1) is 9.06. The molecule has 0 aliphatic carbocycles. The molecule has 0 saturated carbocycles. The standard InChI is InChI=1S/C12H16O6S/c1-16-12(13)7-8-17-9-10-18-19(14,15)11-5-3-2-4-6-11/h2-6H,7-10H2,1H3. The Morgan fingerprint density at radius 3 is 2.42 bits per heavy atom. The van der Waals surface area contributed by atoms with Crippen LogP contribution in [-0.4, -0.2) is 41.3 Å². The number of methoxy groups -OCH3 is 1. The van der Waals surface area contributed by atoms with Gasteiger partial charge in [0.05, 0.1) is 38.2 Å². The Hall–Kier alpha value is -1.44. The molecule has 0 spiro atoms. The van der Waals surface area contributed by atoms with E-state index in [1.807, 2.05) is 0 Å². The van der Waals surface area contributed by atoms with Crippen molar-refractivity contribution < 1.29 is 26.9 Å². The number of esters is 1. The van der Waals surface area contributed by atoms with Crippen LogP contribution >= 0.6 is 0 Å². The summed E-state index contributed by atoms with van der Waals surface area (Å²) in [5.41, 5.74) is 0. The summed E-state index contributed by atoms with van der Waals surface area (Å²) in [6.45, 7) is 0.156. The lowest BCUT2D eigenvalue weighted by atomic mass is 10.4. The van der Waals surface area contributed by atoms with Crippen LogP contribution in [0, 0.1) is 0 Å². The first-order valence-corrected chi connectivity index (χ1v) is 7.06. The number of rotatable bonds is 8. The van der Waals surface area contributed by atoms with Gasteiger partial charge in [-0.2, -0.15) is 8.42 Å². The van der Waals surface area contributed by atoms with E-state index in [-0.39, 0.29) is 37.1 Å². The molecule has 0 saturated heterocycles. The molecular weight excluding hydrogens is 272 g/mol. The second kappa shape index (κ2) is 7.88. The topological polar surface area (TPSA) is 78.9 Å². The smallest absolute Gasteiger partial charge is 0.307 e. The molecule has 0 unspecified atom stereocenters. The average Bonchev–Trinajstić information content (AvgIpc) is 2.43. The predicted octanol–water partition coefficient (Wildman–Crippen LogP) is 0.972. The molecule has 0 aliphatic heterocycles. The third-order valence-electron chi connectivity index (χ3n) is 2.18. The van der Waals surface area contributed by atoms with Gasteiger partial charge in [-0.15, -0.1) is 0 Å². The zero-order valence-electron chi connectivity index (χ0n) is 10.6. The van der Waals surface area contributed by atoms with E-state index in [0.29, 0.717) is 0 Å². The van der Waals surface area contributed by atoms with Crippen LogP contribution in [0.2, 0.25) is 0 Å². The quantitative estimate of drug-likeness (QED) is 0.403. The van der Waals surface area contributed by atoms with Crippen LogP contribution in [-0.2, 0) is 28.6 Å². The Balaban J connectivity index is 2.24. The lowest BCUT2D eigenvalue weighted by Crippen LogP contribution is -2.13. The summed E-state index contributed by atoms with van der Waals surface area (Å²) in [5.74, 6) is -0.377. The van der Waals surface area contributed by atoms with Crippen molar-refractivity contribution in [2.75, 3.05) is 26.9 Å². The Morgan fingerprint density at radius 2 is 1.79 bits per heavy atom. The molecule has 1 rings (SSSR count). The molecule has 0 radical (unpaired) electrons. The molecule has 0 aromatic heterocycles. The average molecular weight is 288 g/mol. The molecule has 106 valence electrons. The molecule has 0 atom stereocenters. The normalized spacial score (nSPS) is 11.2. The highest BCUT2D eigenvalue weighted by atomic mass is 32.2. The summed E-state index contributed by atoms with van der Waals surface area (Å²) in [6.07, 6.45) is 0.127. The van der Waals surface area contributed by atoms with Crippen molar-refractivity contribution in [3.8, 4) is 0 Å². The highest BCUT2D eigenvalue weighted by Crippen LogP contribution is 2.10. The van der Waals surface area contributed by atoms with E-state index in [1.54, 1.807) is 18.2 Å². The third kappa shape index (κ3) is 5.82. The fraction of sp³-hybridized carbons (Fsp3) is 0.417. The van der Waals surface area contributed by atoms with Crippen LogP contribution in [0.4, 0.5) is 0 Å². The number of carbonyl (C=O) groups is 1. The Labute approximate surface area is 112 Å². The third-order valence-corrected chi connectivity index (χ3v) is 3.50. The number of hydrogen-bond donors (Lipinski definition) is 0. The second-order valence-corrected chi connectivity index (χ2v) is 5.14. The summed E-state index contributed by atoms with van der Waals surface area (Å²) < 4.78 is 37.6. The van der Waals surface area contributed by atoms with Crippen LogP contribution in [0.5, 0.6) is 0 Å². The summed E-state index contributed by atoms with van der Waals surface area (Å²) in [6, 6.07) is 7.85. The first-order valence-electron chi connectivity index (χ1n) is 5.65. The second-order valence-electron chi connectivity index (χ2n) is 3.53. The summed E-state index contributed by atoms with van der Waals surface area (Å²) in [7, 11) is -2.45. The zero-order valence-corrected chi connectivity index (χ0v) is 11.4.